The molecule has 0 saturated heterocycles. The molecule has 8 heteroatoms. The number of rotatable bonds is 11. The number of aliphatic hydroxyl groups excluding tert-OH is 1. The quantitative estimate of drug-likeness (QED) is 0.129. The standard InChI is InChI=1S/C39H34O7S/c40-37(43-24-27-13-4-1-5-14-27)36-39(42,45-26-29-17-8-3-9-18-29)38(41,44-25-28-15-6-2-7-16-28)23-33(46-36)32-21-12-20-31-30-19-10-11-22-34(30)47-35(31)32/h1-23,36-37,40-42H,24-26H2/t36-,37?,38+,39+/m1/s1. The van der Waals surface area contributed by atoms with Gasteiger partial charge in [0.25, 0.3) is 5.79 Å². The first kappa shape index (κ1) is 31.2. The van der Waals surface area contributed by atoms with Crippen LogP contribution in [0.25, 0.3) is 25.9 Å². The van der Waals surface area contributed by atoms with E-state index in [-0.39, 0.29) is 25.6 Å². The van der Waals surface area contributed by atoms with E-state index in [1.807, 2.05) is 121 Å². The van der Waals surface area contributed by atoms with Gasteiger partial charge in [-0.2, -0.15) is 0 Å². The van der Waals surface area contributed by atoms with Gasteiger partial charge < -0.3 is 34.3 Å². The van der Waals surface area contributed by atoms with Crippen LogP contribution < -0.4 is 0 Å². The third-order valence-corrected chi connectivity index (χ3v) is 9.50. The zero-order valence-electron chi connectivity index (χ0n) is 25.4. The second kappa shape index (κ2) is 13.4. The van der Waals surface area contributed by atoms with E-state index in [9.17, 15) is 15.3 Å². The molecule has 7 nitrogen and oxygen atoms in total. The van der Waals surface area contributed by atoms with Gasteiger partial charge in [0.1, 0.15) is 5.76 Å². The summed E-state index contributed by atoms with van der Waals surface area (Å²) >= 11 is 1.59. The topological polar surface area (TPSA) is 97.6 Å². The number of hydrogen-bond acceptors (Lipinski definition) is 8. The van der Waals surface area contributed by atoms with Gasteiger partial charge in [0.15, 0.2) is 6.29 Å². The lowest BCUT2D eigenvalue weighted by Crippen LogP contribution is -2.68. The van der Waals surface area contributed by atoms with Gasteiger partial charge in [0.2, 0.25) is 11.9 Å². The predicted molar refractivity (Wildman–Crippen MR) is 182 cm³/mol. The molecule has 7 rings (SSSR count). The van der Waals surface area contributed by atoms with E-state index in [0.29, 0.717) is 5.56 Å². The Balaban J connectivity index is 1.33. The normalized spacial score (nSPS) is 21.8. The maximum absolute atomic E-state index is 12.5. The van der Waals surface area contributed by atoms with Gasteiger partial charge in [-0.1, -0.05) is 121 Å². The van der Waals surface area contributed by atoms with Crippen molar-refractivity contribution in [2.24, 2.45) is 0 Å². The Hall–Kier alpha value is -4.38. The monoisotopic (exact) mass is 646 g/mol. The van der Waals surface area contributed by atoms with Crippen LogP contribution >= 0.6 is 11.3 Å². The Morgan fingerprint density at radius 2 is 1.19 bits per heavy atom. The molecule has 0 spiro atoms. The Labute approximate surface area is 276 Å². The van der Waals surface area contributed by atoms with E-state index in [4.69, 9.17) is 18.9 Å². The Bertz CT molecular complexity index is 1980. The molecule has 1 aromatic heterocycles. The van der Waals surface area contributed by atoms with Crippen LogP contribution in [0.1, 0.15) is 22.3 Å². The minimum atomic E-state index is -2.62. The van der Waals surface area contributed by atoms with Gasteiger partial charge in [-0.25, -0.2) is 0 Å². The van der Waals surface area contributed by atoms with Crippen molar-refractivity contribution in [1.29, 1.82) is 0 Å². The smallest absolute Gasteiger partial charge is 0.269 e. The molecule has 1 aliphatic rings. The molecule has 2 heterocycles. The highest BCUT2D eigenvalue weighted by molar-refractivity contribution is 7.26. The second-order valence-electron chi connectivity index (χ2n) is 11.5. The molecule has 0 amide bonds. The molecule has 1 unspecified atom stereocenters. The third kappa shape index (κ3) is 6.33. The summed E-state index contributed by atoms with van der Waals surface area (Å²) < 4.78 is 26.7. The highest BCUT2D eigenvalue weighted by Gasteiger charge is 2.63. The van der Waals surface area contributed by atoms with Gasteiger partial charge >= 0.3 is 0 Å². The van der Waals surface area contributed by atoms with E-state index in [1.54, 1.807) is 11.3 Å². The first-order valence-corrected chi connectivity index (χ1v) is 16.2. The van der Waals surface area contributed by atoms with Crippen LogP contribution in [0.4, 0.5) is 0 Å². The van der Waals surface area contributed by atoms with Crippen LogP contribution in [0.5, 0.6) is 0 Å². The first-order valence-electron chi connectivity index (χ1n) is 15.4. The van der Waals surface area contributed by atoms with Gasteiger partial charge in [-0.15, -0.1) is 11.3 Å². The summed E-state index contributed by atoms with van der Waals surface area (Å²) in [6.07, 6.45) is -2.05. The van der Waals surface area contributed by atoms with E-state index in [1.165, 1.54) is 6.08 Å². The van der Waals surface area contributed by atoms with Gasteiger partial charge in [0.05, 0.1) is 19.8 Å². The number of benzene rings is 5. The lowest BCUT2D eigenvalue weighted by Gasteiger charge is -2.48. The Morgan fingerprint density at radius 3 is 1.85 bits per heavy atom. The Kier molecular flexibility index (Phi) is 8.90. The minimum Gasteiger partial charge on any atom is -0.479 e. The number of fused-ring (bicyclic) bond motifs is 3. The molecule has 238 valence electrons. The van der Waals surface area contributed by atoms with Crippen LogP contribution in [-0.4, -0.2) is 39.3 Å². The summed E-state index contributed by atoms with van der Waals surface area (Å²) in [6, 6.07) is 41.8. The average molecular weight is 647 g/mol. The number of aliphatic hydroxyl groups is 3. The Morgan fingerprint density at radius 1 is 0.638 bits per heavy atom. The maximum atomic E-state index is 12.5. The molecule has 5 aromatic carbocycles. The SMILES string of the molecule is OC(OCc1ccccc1)[C@H]1OC(c2cccc3c2sc2ccccc23)=C[C@](O)(OCc2ccccc2)[C@@]1(O)OCc1ccccc1. The summed E-state index contributed by atoms with van der Waals surface area (Å²) in [5.74, 6) is -4.91. The fraction of sp³-hybridized carbons (Fsp3) is 0.179. The number of ether oxygens (including phenoxy) is 4. The fourth-order valence-corrected chi connectivity index (χ4v) is 7.00. The summed E-state index contributed by atoms with van der Waals surface area (Å²) in [5, 5.41) is 38.6. The molecule has 0 saturated carbocycles. The summed E-state index contributed by atoms with van der Waals surface area (Å²) in [7, 11) is 0. The van der Waals surface area contributed by atoms with Crippen LogP contribution in [0, 0.1) is 0 Å². The number of hydrogen-bond donors (Lipinski definition) is 3. The van der Waals surface area contributed by atoms with Crippen LogP contribution in [0.15, 0.2) is 140 Å². The van der Waals surface area contributed by atoms with E-state index in [0.717, 1.165) is 36.9 Å². The van der Waals surface area contributed by atoms with Crippen LogP contribution in [0.3, 0.4) is 0 Å². The zero-order valence-corrected chi connectivity index (χ0v) is 26.3. The first-order chi connectivity index (χ1) is 22.9. The molecule has 4 atom stereocenters. The molecule has 6 aromatic rings. The molecule has 47 heavy (non-hydrogen) atoms. The van der Waals surface area contributed by atoms with Gasteiger partial charge in [0, 0.05) is 31.8 Å². The average Bonchev–Trinajstić information content (AvgIpc) is 3.50. The van der Waals surface area contributed by atoms with Crippen molar-refractivity contribution in [1.82, 2.24) is 0 Å². The highest BCUT2D eigenvalue weighted by atomic mass is 32.1. The summed E-state index contributed by atoms with van der Waals surface area (Å²) in [4.78, 5) is 0. The van der Waals surface area contributed by atoms with Crippen molar-refractivity contribution in [3.8, 4) is 0 Å². The molecule has 0 fully saturated rings. The predicted octanol–water partition coefficient (Wildman–Crippen LogP) is 7.14. The van der Waals surface area contributed by atoms with Crippen molar-refractivity contribution >= 4 is 37.3 Å². The molecule has 0 radical (unpaired) electrons. The van der Waals surface area contributed by atoms with Crippen molar-refractivity contribution in [3.63, 3.8) is 0 Å². The van der Waals surface area contributed by atoms with Gasteiger partial charge in [-0.3, -0.25) is 0 Å². The van der Waals surface area contributed by atoms with E-state index in [2.05, 4.69) is 12.1 Å². The largest absolute Gasteiger partial charge is 0.479 e. The van der Waals surface area contributed by atoms with Crippen molar-refractivity contribution < 1.29 is 34.3 Å². The van der Waals surface area contributed by atoms with E-state index < -0.39 is 24.0 Å². The number of thiophene rings is 1. The van der Waals surface area contributed by atoms with Crippen LogP contribution in [-0.2, 0) is 38.8 Å². The third-order valence-electron chi connectivity index (χ3n) is 8.28. The van der Waals surface area contributed by atoms with Crippen molar-refractivity contribution in [3.05, 3.63) is 162 Å². The highest BCUT2D eigenvalue weighted by Crippen LogP contribution is 2.46. The lowest BCUT2D eigenvalue weighted by molar-refractivity contribution is -0.420. The fourth-order valence-electron chi connectivity index (χ4n) is 5.78. The van der Waals surface area contributed by atoms with E-state index >= 15 is 0 Å². The maximum Gasteiger partial charge on any atom is 0.269 e. The zero-order chi connectivity index (χ0) is 32.3. The van der Waals surface area contributed by atoms with Crippen molar-refractivity contribution in [2.45, 2.75) is 43.8 Å². The lowest BCUT2D eigenvalue weighted by atomic mass is 9.92. The molecular formula is C39H34O7S. The molecule has 0 bridgehead atoms. The minimum absolute atomic E-state index is 0.0187. The summed E-state index contributed by atoms with van der Waals surface area (Å²) in [5.41, 5.74) is 2.96. The molecular weight excluding hydrogens is 612 g/mol. The second-order valence-corrected chi connectivity index (χ2v) is 12.5. The van der Waals surface area contributed by atoms with Crippen LogP contribution in [0.2, 0.25) is 0 Å². The molecule has 1 aliphatic heterocycles. The van der Waals surface area contributed by atoms with Crippen molar-refractivity contribution in [2.75, 3.05) is 0 Å². The summed E-state index contributed by atoms with van der Waals surface area (Å²) in [6.45, 7) is -0.168. The molecule has 0 aliphatic carbocycles. The van der Waals surface area contributed by atoms with Gasteiger partial charge in [-0.05, 0) is 28.8 Å². The molecule has 3 N–H and O–H groups in total.